The Morgan fingerprint density at radius 3 is 3.27 bits per heavy atom. The predicted molar refractivity (Wildman–Crippen MR) is 61.1 cm³/mol. The van der Waals surface area contributed by atoms with Crippen LogP contribution in [0.15, 0.2) is 23.7 Å². The molecule has 78 valence electrons. The van der Waals surface area contributed by atoms with Crippen LogP contribution in [-0.4, -0.2) is 16.3 Å². The molecule has 0 aromatic carbocycles. The number of hydrogen-bond acceptors (Lipinski definition) is 3. The van der Waals surface area contributed by atoms with Gasteiger partial charge in [0.1, 0.15) is 0 Å². The number of rotatable bonds is 1. The van der Waals surface area contributed by atoms with Gasteiger partial charge in [-0.15, -0.1) is 11.3 Å². The molecule has 2 aromatic heterocycles. The van der Waals surface area contributed by atoms with Crippen molar-refractivity contribution in [3.8, 4) is 0 Å². The number of nitrogens with zero attached hydrogens (tertiary/aromatic N) is 2. The molecule has 0 amide bonds. The lowest BCUT2D eigenvalue weighted by molar-refractivity contribution is 0.538. The summed E-state index contributed by atoms with van der Waals surface area (Å²) in [4.78, 5) is 1.45. The van der Waals surface area contributed by atoms with Crippen LogP contribution >= 0.6 is 11.3 Å². The maximum atomic E-state index is 4.23. The van der Waals surface area contributed by atoms with Gasteiger partial charge in [0.25, 0.3) is 0 Å². The number of hydrogen-bond donors (Lipinski definition) is 1. The van der Waals surface area contributed by atoms with Crippen molar-refractivity contribution >= 4 is 11.3 Å². The van der Waals surface area contributed by atoms with E-state index >= 15 is 0 Å². The molecule has 1 aliphatic heterocycles. The van der Waals surface area contributed by atoms with Crippen molar-refractivity contribution in [1.29, 1.82) is 0 Å². The second kappa shape index (κ2) is 3.47. The lowest BCUT2D eigenvalue weighted by Crippen LogP contribution is -2.30. The van der Waals surface area contributed by atoms with Gasteiger partial charge in [0.2, 0.25) is 0 Å². The molecule has 3 rings (SSSR count). The third kappa shape index (κ3) is 1.41. The molecule has 0 saturated heterocycles. The summed E-state index contributed by atoms with van der Waals surface area (Å²) in [6.07, 6.45) is 3.01. The summed E-state index contributed by atoms with van der Waals surface area (Å²) in [6.45, 7) is 1.06. The number of thiophene rings is 1. The maximum absolute atomic E-state index is 4.23. The van der Waals surface area contributed by atoms with E-state index in [0.717, 1.165) is 13.0 Å². The Hall–Kier alpha value is -1.13. The second-order valence-corrected chi connectivity index (χ2v) is 4.77. The largest absolute Gasteiger partial charge is 0.304 e. The van der Waals surface area contributed by atoms with E-state index in [9.17, 15) is 0 Å². The van der Waals surface area contributed by atoms with Crippen LogP contribution in [0, 0.1) is 0 Å². The molecule has 0 aliphatic carbocycles. The lowest BCUT2D eigenvalue weighted by Gasteiger charge is -2.24. The first kappa shape index (κ1) is 9.12. The van der Waals surface area contributed by atoms with Gasteiger partial charge in [0.05, 0.1) is 11.7 Å². The highest BCUT2D eigenvalue weighted by Crippen LogP contribution is 2.32. The minimum Gasteiger partial charge on any atom is -0.304 e. The van der Waals surface area contributed by atoms with Gasteiger partial charge in [-0.1, -0.05) is 0 Å². The van der Waals surface area contributed by atoms with Gasteiger partial charge in [0, 0.05) is 24.7 Å². The van der Waals surface area contributed by atoms with Gasteiger partial charge in [0.15, 0.2) is 0 Å². The van der Waals surface area contributed by atoms with Crippen LogP contribution in [0.5, 0.6) is 0 Å². The van der Waals surface area contributed by atoms with Crippen LogP contribution < -0.4 is 5.32 Å². The molecule has 0 spiro atoms. The first-order valence-electron chi connectivity index (χ1n) is 5.14. The van der Waals surface area contributed by atoms with Crippen LogP contribution in [0.3, 0.4) is 0 Å². The summed E-state index contributed by atoms with van der Waals surface area (Å²) in [6, 6.07) is 4.66. The molecule has 4 heteroatoms. The van der Waals surface area contributed by atoms with Gasteiger partial charge in [-0.2, -0.15) is 5.10 Å². The zero-order valence-corrected chi connectivity index (χ0v) is 9.42. The zero-order chi connectivity index (χ0) is 10.3. The average Bonchev–Trinajstić information content (AvgIpc) is 2.85. The highest BCUT2D eigenvalue weighted by molar-refractivity contribution is 7.10. The Labute approximate surface area is 92.7 Å². The zero-order valence-electron chi connectivity index (χ0n) is 8.60. The van der Waals surface area contributed by atoms with Crippen LogP contribution in [0.2, 0.25) is 0 Å². The minimum absolute atomic E-state index is 0.334. The molecule has 1 N–H and O–H groups in total. The van der Waals surface area contributed by atoms with Gasteiger partial charge < -0.3 is 5.32 Å². The van der Waals surface area contributed by atoms with Gasteiger partial charge in [-0.25, -0.2) is 0 Å². The van der Waals surface area contributed by atoms with Crippen molar-refractivity contribution in [3.63, 3.8) is 0 Å². The van der Waals surface area contributed by atoms with E-state index < -0.39 is 0 Å². The third-order valence-corrected chi connectivity index (χ3v) is 3.96. The molecular weight excluding hydrogens is 206 g/mol. The predicted octanol–water partition coefficient (Wildman–Crippen LogP) is 1.72. The monoisotopic (exact) mass is 219 g/mol. The Morgan fingerprint density at radius 2 is 2.47 bits per heavy atom. The van der Waals surface area contributed by atoms with E-state index in [-0.39, 0.29) is 0 Å². The van der Waals surface area contributed by atoms with Crippen molar-refractivity contribution in [2.45, 2.75) is 12.5 Å². The Balaban J connectivity index is 2.07. The molecule has 0 bridgehead atoms. The standard InChI is InChI=1S/C11H13N3S/c1-14-9(3-6-13-14)10-11-8(2-5-12-10)4-7-15-11/h3-4,6-7,10,12H,2,5H2,1H3. The highest BCUT2D eigenvalue weighted by atomic mass is 32.1. The Morgan fingerprint density at radius 1 is 1.53 bits per heavy atom. The van der Waals surface area contributed by atoms with Crippen molar-refractivity contribution in [2.75, 3.05) is 6.54 Å². The molecule has 3 heterocycles. The Kier molecular flexibility index (Phi) is 2.11. The fourth-order valence-corrected chi connectivity index (χ4v) is 3.20. The molecule has 0 saturated carbocycles. The molecule has 1 unspecified atom stereocenters. The normalized spacial score (nSPS) is 20.2. The van der Waals surface area contributed by atoms with Gasteiger partial charge >= 0.3 is 0 Å². The van der Waals surface area contributed by atoms with Crippen LogP contribution in [0.25, 0.3) is 0 Å². The van der Waals surface area contributed by atoms with E-state index in [0.29, 0.717) is 6.04 Å². The molecule has 1 aliphatic rings. The summed E-state index contributed by atoms with van der Waals surface area (Å²) in [5.74, 6) is 0. The van der Waals surface area contributed by atoms with Crippen molar-refractivity contribution < 1.29 is 0 Å². The van der Waals surface area contributed by atoms with Crippen molar-refractivity contribution in [3.05, 3.63) is 39.8 Å². The first-order chi connectivity index (χ1) is 7.36. The summed E-state index contributed by atoms with van der Waals surface area (Å²) >= 11 is 1.84. The average molecular weight is 219 g/mol. The third-order valence-electron chi connectivity index (χ3n) is 2.94. The molecule has 2 aromatic rings. The van der Waals surface area contributed by atoms with Crippen molar-refractivity contribution in [1.82, 2.24) is 15.1 Å². The van der Waals surface area contributed by atoms with Gasteiger partial charge in [-0.3, -0.25) is 4.68 Å². The molecule has 0 radical (unpaired) electrons. The van der Waals surface area contributed by atoms with E-state index in [2.05, 4.69) is 27.9 Å². The van der Waals surface area contributed by atoms with Gasteiger partial charge in [-0.05, 0) is 29.5 Å². The number of fused-ring (bicyclic) bond motifs is 1. The second-order valence-electron chi connectivity index (χ2n) is 3.83. The quantitative estimate of drug-likeness (QED) is 0.791. The molecule has 0 fully saturated rings. The smallest absolute Gasteiger partial charge is 0.0844 e. The summed E-state index contributed by atoms with van der Waals surface area (Å²) in [7, 11) is 2.00. The number of aromatic nitrogens is 2. The van der Waals surface area contributed by atoms with E-state index in [1.54, 1.807) is 0 Å². The van der Waals surface area contributed by atoms with Crippen LogP contribution in [0.4, 0.5) is 0 Å². The topological polar surface area (TPSA) is 29.9 Å². The van der Waals surface area contributed by atoms with E-state index in [1.807, 2.05) is 29.3 Å². The maximum Gasteiger partial charge on any atom is 0.0844 e. The van der Waals surface area contributed by atoms with Crippen LogP contribution in [-0.2, 0) is 13.5 Å². The molecule has 15 heavy (non-hydrogen) atoms. The molecular formula is C11H13N3S. The number of aryl methyl sites for hydroxylation is 1. The van der Waals surface area contributed by atoms with E-state index in [1.165, 1.54) is 16.1 Å². The molecule has 3 nitrogen and oxygen atoms in total. The summed E-state index contributed by atoms with van der Waals surface area (Å²) < 4.78 is 1.95. The fourth-order valence-electron chi connectivity index (χ4n) is 2.16. The summed E-state index contributed by atoms with van der Waals surface area (Å²) in [5.41, 5.74) is 2.74. The van der Waals surface area contributed by atoms with E-state index in [4.69, 9.17) is 0 Å². The lowest BCUT2D eigenvalue weighted by atomic mass is 10.0. The van der Waals surface area contributed by atoms with Crippen molar-refractivity contribution in [2.24, 2.45) is 7.05 Å². The Bertz CT molecular complexity index is 472. The first-order valence-corrected chi connectivity index (χ1v) is 6.02. The molecule has 1 atom stereocenters. The number of nitrogens with one attached hydrogen (secondary N) is 1. The summed E-state index contributed by atoms with van der Waals surface area (Å²) in [5, 5.41) is 9.97. The SMILES string of the molecule is Cn1nccc1C1NCCc2ccsc21. The fraction of sp³-hybridized carbons (Fsp3) is 0.364. The minimum atomic E-state index is 0.334. The highest BCUT2D eigenvalue weighted by Gasteiger charge is 2.24. The van der Waals surface area contributed by atoms with Crippen LogP contribution in [0.1, 0.15) is 22.2 Å².